The highest BCUT2D eigenvalue weighted by Gasteiger charge is 2.46. The number of benzene rings is 1. The number of ketones is 1. The third-order valence-electron chi connectivity index (χ3n) is 6.05. The first kappa shape index (κ1) is 25.5. The molecule has 1 aliphatic heterocycles. The van der Waals surface area contributed by atoms with E-state index in [4.69, 9.17) is 20.9 Å². The number of thioether (sulfide) groups is 1. The van der Waals surface area contributed by atoms with Crippen LogP contribution in [0.15, 0.2) is 45.2 Å². The van der Waals surface area contributed by atoms with E-state index in [1.807, 2.05) is 13.8 Å². The van der Waals surface area contributed by atoms with Gasteiger partial charge in [0.05, 0.1) is 37.5 Å². The summed E-state index contributed by atoms with van der Waals surface area (Å²) in [6, 6.07) is 7.50. The molecule has 36 heavy (non-hydrogen) atoms. The molecule has 1 unspecified atom stereocenters. The van der Waals surface area contributed by atoms with Crippen molar-refractivity contribution in [3.8, 4) is 17.6 Å². The van der Waals surface area contributed by atoms with Crippen molar-refractivity contribution in [1.29, 1.82) is 5.26 Å². The maximum absolute atomic E-state index is 13.7. The van der Waals surface area contributed by atoms with Gasteiger partial charge in [-0.25, -0.2) is 0 Å². The van der Waals surface area contributed by atoms with Crippen LogP contribution in [0.2, 0.25) is 0 Å². The SMILES string of the molecule is COc1ccc(OC)c(C2C(C#N)=C(N)N(c3nnc(SCC(N)=O)s3)C3=C2C(=O)CC(C)(C)C3)c1. The molecule has 1 aliphatic carbocycles. The standard InChI is InChI=1S/C24H26N6O4S2/c1-24(2)8-15-20(16(31)9-24)19(13-7-12(33-3)5-6-17(13)34-4)14(10-25)21(27)30(15)22-28-29-23(36-22)35-11-18(26)32/h5-7,19H,8-9,11,27H2,1-4H3,(H2,26,32). The van der Waals surface area contributed by atoms with Crippen molar-refractivity contribution >= 4 is 39.9 Å². The number of ether oxygens (including phenoxy) is 2. The number of nitrogens with zero attached hydrogens (tertiary/aromatic N) is 4. The number of amides is 1. The number of aromatic nitrogens is 2. The highest BCUT2D eigenvalue weighted by Crippen LogP contribution is 2.52. The summed E-state index contributed by atoms with van der Waals surface area (Å²) in [7, 11) is 3.08. The second-order valence-corrected chi connectivity index (χ2v) is 11.4. The highest BCUT2D eigenvalue weighted by atomic mass is 32.2. The van der Waals surface area contributed by atoms with Crippen LogP contribution < -0.4 is 25.8 Å². The molecule has 0 fully saturated rings. The van der Waals surface area contributed by atoms with E-state index in [1.165, 1.54) is 30.2 Å². The molecule has 1 aromatic heterocycles. The molecule has 0 saturated carbocycles. The van der Waals surface area contributed by atoms with E-state index in [-0.39, 0.29) is 28.3 Å². The van der Waals surface area contributed by atoms with Crippen LogP contribution in [0.4, 0.5) is 5.13 Å². The second kappa shape index (κ2) is 9.83. The maximum Gasteiger partial charge on any atom is 0.227 e. The smallest absolute Gasteiger partial charge is 0.227 e. The van der Waals surface area contributed by atoms with Gasteiger partial charge in [0.15, 0.2) is 10.1 Å². The number of nitrogens with two attached hydrogens (primary N) is 2. The molecule has 2 aliphatic rings. The van der Waals surface area contributed by atoms with Crippen molar-refractivity contribution in [2.24, 2.45) is 16.9 Å². The Morgan fingerprint density at radius 1 is 1.31 bits per heavy atom. The number of rotatable bonds is 7. The normalized spacial score (nSPS) is 19.1. The molecule has 12 heteroatoms. The van der Waals surface area contributed by atoms with Gasteiger partial charge in [-0.05, 0) is 30.0 Å². The number of primary amides is 1. The summed E-state index contributed by atoms with van der Waals surface area (Å²) in [4.78, 5) is 26.5. The predicted molar refractivity (Wildman–Crippen MR) is 136 cm³/mol. The van der Waals surface area contributed by atoms with E-state index in [2.05, 4.69) is 16.3 Å². The van der Waals surface area contributed by atoms with E-state index < -0.39 is 11.8 Å². The van der Waals surface area contributed by atoms with Gasteiger partial charge in [-0.3, -0.25) is 14.5 Å². The molecule has 0 spiro atoms. The molecule has 2 aromatic rings. The van der Waals surface area contributed by atoms with Gasteiger partial charge in [-0.1, -0.05) is 36.9 Å². The third-order valence-corrected chi connectivity index (χ3v) is 8.12. The molecule has 4 N–H and O–H groups in total. The molecule has 0 bridgehead atoms. The fourth-order valence-corrected chi connectivity index (χ4v) is 6.21. The van der Waals surface area contributed by atoms with E-state index >= 15 is 0 Å². The number of carbonyl (C=O) groups is 2. The van der Waals surface area contributed by atoms with Crippen LogP contribution in [0, 0.1) is 16.7 Å². The minimum absolute atomic E-state index is 0.0561. The van der Waals surface area contributed by atoms with Crippen molar-refractivity contribution in [1.82, 2.24) is 10.2 Å². The van der Waals surface area contributed by atoms with Crippen molar-refractivity contribution in [3.63, 3.8) is 0 Å². The van der Waals surface area contributed by atoms with E-state index in [0.29, 0.717) is 50.6 Å². The topological polar surface area (TPSA) is 157 Å². The van der Waals surface area contributed by atoms with Gasteiger partial charge in [0.25, 0.3) is 0 Å². The summed E-state index contributed by atoms with van der Waals surface area (Å²) in [6.45, 7) is 4.03. The van der Waals surface area contributed by atoms with Crippen molar-refractivity contribution in [2.75, 3.05) is 24.9 Å². The van der Waals surface area contributed by atoms with Gasteiger partial charge in [0.1, 0.15) is 17.3 Å². The summed E-state index contributed by atoms with van der Waals surface area (Å²) in [5.41, 5.74) is 13.5. The number of nitriles is 1. The maximum atomic E-state index is 13.7. The lowest BCUT2D eigenvalue weighted by atomic mass is 9.68. The molecule has 2 heterocycles. The fourth-order valence-electron chi connectivity index (χ4n) is 4.59. The first-order valence-corrected chi connectivity index (χ1v) is 12.8. The highest BCUT2D eigenvalue weighted by molar-refractivity contribution is 8.01. The first-order chi connectivity index (χ1) is 17.1. The quantitative estimate of drug-likeness (QED) is 0.514. The number of methoxy groups -OCH3 is 2. The molecule has 0 radical (unpaired) electrons. The molecule has 1 aromatic carbocycles. The minimum atomic E-state index is -0.730. The minimum Gasteiger partial charge on any atom is -0.497 e. The van der Waals surface area contributed by atoms with E-state index in [9.17, 15) is 14.9 Å². The van der Waals surface area contributed by atoms with Crippen LogP contribution in [0.1, 0.15) is 38.2 Å². The van der Waals surface area contributed by atoms with Gasteiger partial charge in [0, 0.05) is 23.3 Å². The van der Waals surface area contributed by atoms with Gasteiger partial charge >= 0.3 is 0 Å². The lowest BCUT2D eigenvalue weighted by Gasteiger charge is -2.42. The summed E-state index contributed by atoms with van der Waals surface area (Å²) >= 11 is 2.38. The average molecular weight is 527 g/mol. The predicted octanol–water partition coefficient (Wildman–Crippen LogP) is 3.07. The lowest BCUT2D eigenvalue weighted by Crippen LogP contribution is -2.42. The number of anilines is 1. The summed E-state index contributed by atoms with van der Waals surface area (Å²) in [6.07, 6.45) is 0.844. The zero-order chi connectivity index (χ0) is 26.2. The van der Waals surface area contributed by atoms with E-state index in [0.717, 1.165) is 0 Å². The van der Waals surface area contributed by atoms with Crippen molar-refractivity contribution in [3.05, 3.63) is 46.4 Å². The Hall–Kier alpha value is -3.56. The molecular formula is C24H26N6O4S2. The number of hydrogen-bond acceptors (Lipinski definition) is 11. The van der Waals surface area contributed by atoms with Crippen LogP contribution in [-0.4, -0.2) is 41.9 Å². The Morgan fingerprint density at radius 2 is 2.06 bits per heavy atom. The zero-order valence-corrected chi connectivity index (χ0v) is 22.0. The summed E-state index contributed by atoms with van der Waals surface area (Å²) in [5, 5.41) is 19.1. The van der Waals surface area contributed by atoms with Crippen LogP contribution in [0.25, 0.3) is 0 Å². The molecule has 1 atom stereocenters. The number of hydrogen-bond donors (Lipinski definition) is 2. The van der Waals surface area contributed by atoms with Crippen LogP contribution in [-0.2, 0) is 9.59 Å². The lowest BCUT2D eigenvalue weighted by molar-refractivity contribution is -0.118. The third kappa shape index (κ3) is 4.64. The Bertz CT molecular complexity index is 1340. The number of Topliss-reactive ketones (excluding diaryl/α,β-unsaturated/α-hetero) is 1. The zero-order valence-electron chi connectivity index (χ0n) is 20.3. The van der Waals surface area contributed by atoms with Crippen LogP contribution in [0.3, 0.4) is 0 Å². The molecule has 10 nitrogen and oxygen atoms in total. The Kier molecular flexibility index (Phi) is 6.97. The van der Waals surface area contributed by atoms with Gasteiger partial charge in [0.2, 0.25) is 11.0 Å². The number of carbonyl (C=O) groups excluding carboxylic acids is 2. The fraction of sp³-hybridized carbons (Fsp3) is 0.375. The molecular weight excluding hydrogens is 500 g/mol. The van der Waals surface area contributed by atoms with Gasteiger partial charge in [-0.2, -0.15) is 5.26 Å². The van der Waals surface area contributed by atoms with Crippen LogP contribution in [0.5, 0.6) is 11.5 Å². The second-order valence-electron chi connectivity index (χ2n) is 9.19. The van der Waals surface area contributed by atoms with Gasteiger partial charge in [-0.15, -0.1) is 10.2 Å². The summed E-state index contributed by atoms with van der Waals surface area (Å²) < 4.78 is 11.6. The Balaban J connectivity index is 1.94. The molecule has 188 valence electrons. The first-order valence-electron chi connectivity index (χ1n) is 11.0. The Morgan fingerprint density at radius 3 is 2.69 bits per heavy atom. The average Bonchev–Trinajstić information content (AvgIpc) is 3.29. The Labute approximate surface area is 216 Å². The van der Waals surface area contributed by atoms with Crippen molar-refractivity contribution < 1.29 is 19.1 Å². The number of allylic oxidation sites excluding steroid dienone is 3. The van der Waals surface area contributed by atoms with E-state index in [1.54, 1.807) is 30.2 Å². The summed E-state index contributed by atoms with van der Waals surface area (Å²) in [5.74, 6) is 0.0246. The van der Waals surface area contributed by atoms with Gasteiger partial charge < -0.3 is 20.9 Å². The monoisotopic (exact) mass is 526 g/mol. The van der Waals surface area contributed by atoms with Crippen LogP contribution >= 0.6 is 23.1 Å². The largest absolute Gasteiger partial charge is 0.497 e. The molecule has 1 amide bonds. The molecule has 0 saturated heterocycles. The van der Waals surface area contributed by atoms with Crippen molar-refractivity contribution in [2.45, 2.75) is 36.9 Å². The molecule has 4 rings (SSSR count).